The lowest BCUT2D eigenvalue weighted by molar-refractivity contribution is 0.198. The minimum atomic E-state index is 0. The second-order valence-electron chi connectivity index (χ2n) is 8.63. The number of likely N-dealkylation sites (tertiary alicyclic amines) is 1. The van der Waals surface area contributed by atoms with E-state index in [0.717, 1.165) is 62.8 Å². The summed E-state index contributed by atoms with van der Waals surface area (Å²) in [6.45, 7) is 8.37. The second kappa shape index (κ2) is 15.1. The second-order valence-corrected chi connectivity index (χ2v) is 8.63. The van der Waals surface area contributed by atoms with Gasteiger partial charge in [-0.05, 0) is 45.5 Å². The van der Waals surface area contributed by atoms with Crippen molar-refractivity contribution in [3.8, 4) is 5.75 Å². The summed E-state index contributed by atoms with van der Waals surface area (Å²) in [5, 5.41) is 7.06. The maximum atomic E-state index is 5.99. The lowest BCUT2D eigenvalue weighted by atomic mass is 10.0. The first kappa shape index (κ1) is 27.4. The van der Waals surface area contributed by atoms with Gasteiger partial charge in [-0.25, -0.2) is 4.99 Å². The van der Waals surface area contributed by atoms with Crippen LogP contribution in [0.25, 0.3) is 0 Å². The van der Waals surface area contributed by atoms with Crippen LogP contribution in [0.15, 0.2) is 59.6 Å². The summed E-state index contributed by atoms with van der Waals surface area (Å²) >= 11 is 0. The van der Waals surface area contributed by atoms with Gasteiger partial charge in [0.05, 0.1) is 6.54 Å². The fourth-order valence-corrected chi connectivity index (χ4v) is 3.87. The summed E-state index contributed by atoms with van der Waals surface area (Å²) in [4.78, 5) is 9.52. The number of piperidine rings is 1. The maximum absolute atomic E-state index is 5.99. The Kier molecular flexibility index (Phi) is 12.6. The zero-order chi connectivity index (χ0) is 22.6. The molecule has 1 aliphatic rings. The number of rotatable bonds is 10. The Labute approximate surface area is 216 Å². The quantitative estimate of drug-likeness (QED) is 0.260. The molecule has 182 valence electrons. The van der Waals surface area contributed by atoms with E-state index in [-0.39, 0.29) is 24.0 Å². The fraction of sp³-hybridized carbons (Fsp3) is 0.500. The van der Waals surface area contributed by atoms with Crippen molar-refractivity contribution in [2.24, 2.45) is 4.99 Å². The third kappa shape index (κ3) is 9.90. The largest absolute Gasteiger partial charge is 0.492 e. The number of guanidine groups is 1. The number of aliphatic imine (C=N–C) groups is 1. The first-order valence-electron chi connectivity index (χ1n) is 11.8. The minimum Gasteiger partial charge on any atom is -0.492 e. The molecule has 0 amide bonds. The van der Waals surface area contributed by atoms with Gasteiger partial charge < -0.3 is 20.3 Å². The van der Waals surface area contributed by atoms with Crippen molar-refractivity contribution in [2.75, 3.05) is 46.9 Å². The Morgan fingerprint density at radius 2 is 1.76 bits per heavy atom. The number of nitrogens with zero attached hydrogens (tertiary/aromatic N) is 3. The van der Waals surface area contributed by atoms with E-state index in [0.29, 0.717) is 19.2 Å². The van der Waals surface area contributed by atoms with Crippen molar-refractivity contribution in [3.05, 3.63) is 65.7 Å². The highest BCUT2D eigenvalue weighted by molar-refractivity contribution is 14.0. The number of nitrogens with one attached hydrogen (secondary N) is 2. The number of ether oxygens (including phenoxy) is 1. The van der Waals surface area contributed by atoms with Gasteiger partial charge in [-0.15, -0.1) is 24.0 Å². The fourth-order valence-electron chi connectivity index (χ4n) is 3.87. The summed E-state index contributed by atoms with van der Waals surface area (Å²) in [5.74, 6) is 1.81. The van der Waals surface area contributed by atoms with Crippen LogP contribution >= 0.6 is 24.0 Å². The Morgan fingerprint density at radius 1 is 1.06 bits per heavy atom. The van der Waals surface area contributed by atoms with Gasteiger partial charge in [-0.2, -0.15) is 0 Å². The molecule has 1 fully saturated rings. The molecule has 1 heterocycles. The predicted octanol–water partition coefficient (Wildman–Crippen LogP) is 3.96. The van der Waals surface area contributed by atoms with Crippen LogP contribution in [0.3, 0.4) is 0 Å². The number of hydrogen-bond acceptors (Lipinski definition) is 4. The SMILES string of the molecule is CCNC(=NCc1ccccc1OCCN(C)C)NC1CCN(Cc2ccccc2)CC1.I. The molecule has 0 unspecified atom stereocenters. The van der Waals surface area contributed by atoms with Crippen LogP contribution in [0, 0.1) is 0 Å². The molecule has 0 aliphatic carbocycles. The highest BCUT2D eigenvalue weighted by Gasteiger charge is 2.20. The van der Waals surface area contributed by atoms with E-state index < -0.39 is 0 Å². The molecule has 0 saturated carbocycles. The smallest absolute Gasteiger partial charge is 0.191 e. The van der Waals surface area contributed by atoms with Gasteiger partial charge in [-0.3, -0.25) is 4.90 Å². The Bertz CT molecular complexity index is 822. The third-order valence-electron chi connectivity index (χ3n) is 5.70. The van der Waals surface area contributed by atoms with Gasteiger partial charge in [0, 0.05) is 44.3 Å². The molecule has 2 aromatic rings. The van der Waals surface area contributed by atoms with E-state index in [9.17, 15) is 0 Å². The summed E-state index contributed by atoms with van der Waals surface area (Å²) in [6, 6.07) is 19.4. The summed E-state index contributed by atoms with van der Waals surface area (Å²) in [5.41, 5.74) is 2.50. The molecular weight excluding hydrogens is 525 g/mol. The van der Waals surface area contributed by atoms with Gasteiger partial charge in [0.2, 0.25) is 0 Å². The lowest BCUT2D eigenvalue weighted by Crippen LogP contribution is -2.48. The standard InChI is InChI=1S/C26H39N5O.HI/c1-4-27-26(28-20-23-12-8-9-13-25(23)32-19-18-30(2)3)29-24-14-16-31(17-15-24)21-22-10-6-5-7-11-22;/h5-13,24H,4,14-21H2,1-3H3,(H2,27,28,29);1H. The minimum absolute atomic E-state index is 0. The topological polar surface area (TPSA) is 52.1 Å². The van der Waals surface area contributed by atoms with Gasteiger partial charge in [0.1, 0.15) is 12.4 Å². The number of para-hydroxylation sites is 1. The van der Waals surface area contributed by atoms with Gasteiger partial charge in [0.25, 0.3) is 0 Å². The molecule has 1 saturated heterocycles. The monoisotopic (exact) mass is 565 g/mol. The summed E-state index contributed by atoms with van der Waals surface area (Å²) < 4.78 is 5.99. The highest BCUT2D eigenvalue weighted by Crippen LogP contribution is 2.19. The van der Waals surface area contributed by atoms with Crippen LogP contribution in [-0.4, -0.2) is 68.7 Å². The molecule has 0 radical (unpaired) electrons. The highest BCUT2D eigenvalue weighted by atomic mass is 127. The van der Waals surface area contributed by atoms with Crippen LogP contribution in [0.1, 0.15) is 30.9 Å². The van der Waals surface area contributed by atoms with Crippen LogP contribution in [0.5, 0.6) is 5.75 Å². The van der Waals surface area contributed by atoms with E-state index in [4.69, 9.17) is 9.73 Å². The molecule has 2 aromatic carbocycles. The molecule has 33 heavy (non-hydrogen) atoms. The average molecular weight is 566 g/mol. The molecular formula is C26H40IN5O. The van der Waals surface area contributed by atoms with Crippen molar-refractivity contribution in [1.82, 2.24) is 20.4 Å². The average Bonchev–Trinajstić information content (AvgIpc) is 2.80. The number of benzene rings is 2. The molecule has 2 N–H and O–H groups in total. The van der Waals surface area contributed by atoms with Crippen molar-refractivity contribution < 1.29 is 4.74 Å². The van der Waals surface area contributed by atoms with Crippen LogP contribution in [0.4, 0.5) is 0 Å². The Balaban J connectivity index is 0.00000385. The zero-order valence-corrected chi connectivity index (χ0v) is 22.6. The van der Waals surface area contributed by atoms with Crippen molar-refractivity contribution in [1.29, 1.82) is 0 Å². The maximum Gasteiger partial charge on any atom is 0.191 e. The number of halogens is 1. The molecule has 3 rings (SSSR count). The van der Waals surface area contributed by atoms with E-state index in [1.165, 1.54) is 5.56 Å². The van der Waals surface area contributed by atoms with Crippen LogP contribution in [0.2, 0.25) is 0 Å². The van der Waals surface area contributed by atoms with E-state index >= 15 is 0 Å². The van der Waals surface area contributed by atoms with Crippen molar-refractivity contribution in [3.63, 3.8) is 0 Å². The van der Waals surface area contributed by atoms with Crippen molar-refractivity contribution >= 4 is 29.9 Å². The zero-order valence-electron chi connectivity index (χ0n) is 20.3. The molecule has 1 aliphatic heterocycles. The van der Waals surface area contributed by atoms with Gasteiger partial charge in [0.15, 0.2) is 5.96 Å². The number of likely N-dealkylation sites (N-methyl/N-ethyl adjacent to an activating group) is 1. The Morgan fingerprint density at radius 3 is 2.45 bits per heavy atom. The molecule has 6 nitrogen and oxygen atoms in total. The van der Waals surface area contributed by atoms with Gasteiger partial charge in [-0.1, -0.05) is 48.5 Å². The lowest BCUT2D eigenvalue weighted by Gasteiger charge is -2.33. The number of hydrogen-bond donors (Lipinski definition) is 2. The van der Waals surface area contributed by atoms with E-state index in [1.54, 1.807) is 0 Å². The Hall–Kier alpha value is -1.84. The normalized spacial score (nSPS) is 15.2. The summed E-state index contributed by atoms with van der Waals surface area (Å²) in [7, 11) is 4.11. The summed E-state index contributed by atoms with van der Waals surface area (Å²) in [6.07, 6.45) is 2.25. The first-order chi connectivity index (χ1) is 15.6. The molecule has 7 heteroatoms. The van der Waals surface area contributed by atoms with Crippen LogP contribution < -0.4 is 15.4 Å². The molecule has 0 atom stereocenters. The van der Waals surface area contributed by atoms with Crippen LogP contribution in [-0.2, 0) is 13.1 Å². The first-order valence-corrected chi connectivity index (χ1v) is 11.8. The third-order valence-corrected chi connectivity index (χ3v) is 5.70. The van der Waals surface area contributed by atoms with Crippen molar-refractivity contribution in [2.45, 2.75) is 38.9 Å². The molecule has 0 spiro atoms. The van der Waals surface area contributed by atoms with E-state index in [2.05, 4.69) is 77.9 Å². The van der Waals surface area contributed by atoms with Gasteiger partial charge >= 0.3 is 0 Å². The van der Waals surface area contributed by atoms with E-state index in [1.807, 2.05) is 18.2 Å². The molecule has 0 aromatic heterocycles. The molecule has 0 bridgehead atoms. The predicted molar refractivity (Wildman–Crippen MR) is 149 cm³/mol.